The Labute approximate surface area is 88.2 Å². The molecule has 80 valence electrons. The van der Waals surface area contributed by atoms with E-state index in [2.05, 4.69) is 33.0 Å². The van der Waals surface area contributed by atoms with Crippen molar-refractivity contribution in [3.05, 3.63) is 0 Å². The van der Waals surface area contributed by atoms with Crippen LogP contribution in [0.4, 0.5) is 0 Å². The third-order valence-corrected chi connectivity index (χ3v) is 3.64. The summed E-state index contributed by atoms with van der Waals surface area (Å²) in [5.41, 5.74) is 0.129. The molecule has 0 saturated carbocycles. The maximum Gasteiger partial charge on any atom is 0.0403 e. The molecule has 1 atom stereocenters. The summed E-state index contributed by atoms with van der Waals surface area (Å²) in [5.74, 6) is 1.50. The molecule has 0 heterocycles. The zero-order chi connectivity index (χ0) is 10.3. The van der Waals surface area contributed by atoms with E-state index in [1.165, 1.54) is 12.8 Å². The van der Waals surface area contributed by atoms with Gasteiger partial charge in [-0.2, -0.15) is 0 Å². The summed E-state index contributed by atoms with van der Waals surface area (Å²) >= 11 is 5.92. The van der Waals surface area contributed by atoms with Crippen LogP contribution in [0.1, 0.15) is 47.0 Å². The van der Waals surface area contributed by atoms with E-state index in [-0.39, 0.29) is 5.54 Å². The Balaban J connectivity index is 3.83. The van der Waals surface area contributed by atoms with Crippen LogP contribution in [0.5, 0.6) is 0 Å². The molecule has 0 rings (SSSR count). The van der Waals surface area contributed by atoms with Gasteiger partial charge in [0.1, 0.15) is 0 Å². The van der Waals surface area contributed by atoms with Gasteiger partial charge in [0.25, 0.3) is 0 Å². The Morgan fingerprint density at radius 1 is 1.23 bits per heavy atom. The smallest absolute Gasteiger partial charge is 0.0403 e. The summed E-state index contributed by atoms with van der Waals surface area (Å²) in [6.45, 7) is 9.98. The number of hydrogen-bond acceptors (Lipinski definition) is 1. The molecule has 0 aliphatic rings. The molecule has 1 nitrogen and oxygen atoms in total. The quantitative estimate of drug-likeness (QED) is 0.629. The van der Waals surface area contributed by atoms with Crippen molar-refractivity contribution in [2.24, 2.45) is 5.92 Å². The van der Waals surface area contributed by atoms with Crippen molar-refractivity contribution in [3.63, 3.8) is 0 Å². The highest BCUT2D eigenvalue weighted by Crippen LogP contribution is 2.13. The minimum atomic E-state index is 0.129. The van der Waals surface area contributed by atoms with Crippen LogP contribution in [0.2, 0.25) is 0 Å². The molecule has 1 N–H and O–H groups in total. The van der Waals surface area contributed by atoms with Crippen LogP contribution in [0.3, 0.4) is 0 Å². The van der Waals surface area contributed by atoms with Crippen molar-refractivity contribution in [2.75, 3.05) is 12.4 Å². The van der Waals surface area contributed by atoms with Crippen LogP contribution >= 0.6 is 11.6 Å². The summed E-state index contributed by atoms with van der Waals surface area (Å²) in [6.07, 6.45) is 3.60. The molecule has 0 aliphatic heterocycles. The monoisotopic (exact) mass is 205 g/mol. The third kappa shape index (κ3) is 4.87. The van der Waals surface area contributed by atoms with Crippen LogP contribution in [-0.4, -0.2) is 18.0 Å². The second kappa shape index (κ2) is 6.67. The van der Waals surface area contributed by atoms with E-state index in [0.717, 1.165) is 18.9 Å². The molecule has 0 aromatic carbocycles. The van der Waals surface area contributed by atoms with Crippen LogP contribution < -0.4 is 5.32 Å². The van der Waals surface area contributed by atoms with Crippen LogP contribution in [0.25, 0.3) is 0 Å². The first-order chi connectivity index (χ1) is 6.11. The average Bonchev–Trinajstić information content (AvgIpc) is 2.19. The lowest BCUT2D eigenvalue weighted by Gasteiger charge is -2.29. The molecule has 0 aliphatic carbocycles. The Morgan fingerprint density at radius 3 is 2.08 bits per heavy atom. The fraction of sp³-hybridized carbons (Fsp3) is 1.00. The van der Waals surface area contributed by atoms with E-state index in [4.69, 9.17) is 11.6 Å². The third-order valence-electron chi connectivity index (χ3n) is 3.05. The van der Waals surface area contributed by atoms with Gasteiger partial charge < -0.3 is 5.32 Å². The Kier molecular flexibility index (Phi) is 6.79. The standard InChI is InChI=1S/C11H24ClN/c1-5-10(6-2)8-13-11(4,7-3)9-12/h10,13H,5-9H2,1-4H3. The summed E-state index contributed by atoms with van der Waals surface area (Å²) in [6, 6.07) is 0. The van der Waals surface area contributed by atoms with Crippen LogP contribution in [-0.2, 0) is 0 Å². The van der Waals surface area contributed by atoms with Crippen molar-refractivity contribution in [2.45, 2.75) is 52.5 Å². The van der Waals surface area contributed by atoms with Crippen molar-refractivity contribution < 1.29 is 0 Å². The molecule has 2 heteroatoms. The predicted molar refractivity (Wildman–Crippen MR) is 61.5 cm³/mol. The summed E-state index contributed by atoms with van der Waals surface area (Å²) in [7, 11) is 0. The van der Waals surface area contributed by atoms with E-state index in [1.54, 1.807) is 0 Å². The predicted octanol–water partition coefficient (Wildman–Crippen LogP) is 3.42. The first-order valence-electron chi connectivity index (χ1n) is 5.42. The molecule has 13 heavy (non-hydrogen) atoms. The van der Waals surface area contributed by atoms with Gasteiger partial charge in [0.15, 0.2) is 0 Å². The number of nitrogens with one attached hydrogen (secondary N) is 1. The molecule has 0 bridgehead atoms. The van der Waals surface area contributed by atoms with Gasteiger partial charge in [0, 0.05) is 11.4 Å². The van der Waals surface area contributed by atoms with Gasteiger partial charge >= 0.3 is 0 Å². The number of hydrogen-bond donors (Lipinski definition) is 1. The van der Waals surface area contributed by atoms with Crippen LogP contribution in [0, 0.1) is 5.92 Å². The zero-order valence-corrected chi connectivity index (χ0v) is 10.2. The normalized spacial score (nSPS) is 16.2. The number of rotatable bonds is 7. The van der Waals surface area contributed by atoms with E-state index in [9.17, 15) is 0 Å². The Hall–Kier alpha value is 0.250. The molecule has 0 aromatic heterocycles. The van der Waals surface area contributed by atoms with Crippen molar-refractivity contribution in [1.29, 1.82) is 0 Å². The van der Waals surface area contributed by atoms with E-state index < -0.39 is 0 Å². The van der Waals surface area contributed by atoms with E-state index in [0.29, 0.717) is 5.88 Å². The molecule has 1 unspecified atom stereocenters. The van der Waals surface area contributed by atoms with Gasteiger partial charge in [-0.3, -0.25) is 0 Å². The van der Waals surface area contributed by atoms with E-state index in [1.807, 2.05) is 0 Å². The molecule has 0 spiro atoms. The SMILES string of the molecule is CCC(CC)CNC(C)(CC)CCl. The lowest BCUT2D eigenvalue weighted by molar-refractivity contribution is 0.333. The summed E-state index contributed by atoms with van der Waals surface area (Å²) < 4.78 is 0. The lowest BCUT2D eigenvalue weighted by atomic mass is 9.98. The van der Waals surface area contributed by atoms with Gasteiger partial charge in [-0.1, -0.05) is 33.6 Å². The number of alkyl halides is 1. The summed E-state index contributed by atoms with van der Waals surface area (Å²) in [5, 5.41) is 3.57. The fourth-order valence-electron chi connectivity index (χ4n) is 1.23. The Bertz CT molecular complexity index is 117. The highest BCUT2D eigenvalue weighted by molar-refractivity contribution is 6.18. The first kappa shape index (κ1) is 13.2. The van der Waals surface area contributed by atoms with Gasteiger partial charge in [-0.25, -0.2) is 0 Å². The summed E-state index contributed by atoms with van der Waals surface area (Å²) in [4.78, 5) is 0. The zero-order valence-electron chi connectivity index (χ0n) is 9.49. The molecular weight excluding hydrogens is 182 g/mol. The van der Waals surface area contributed by atoms with Gasteiger partial charge in [0.2, 0.25) is 0 Å². The molecule has 0 fully saturated rings. The molecule has 0 amide bonds. The average molecular weight is 206 g/mol. The molecule has 0 saturated heterocycles. The second-order valence-electron chi connectivity index (χ2n) is 4.11. The van der Waals surface area contributed by atoms with Crippen molar-refractivity contribution in [1.82, 2.24) is 5.32 Å². The highest BCUT2D eigenvalue weighted by atomic mass is 35.5. The van der Waals surface area contributed by atoms with Crippen molar-refractivity contribution >= 4 is 11.6 Å². The number of halogens is 1. The van der Waals surface area contributed by atoms with Gasteiger partial charge in [-0.05, 0) is 25.8 Å². The topological polar surface area (TPSA) is 12.0 Å². The van der Waals surface area contributed by atoms with Gasteiger partial charge in [-0.15, -0.1) is 11.6 Å². The minimum absolute atomic E-state index is 0.129. The second-order valence-corrected chi connectivity index (χ2v) is 4.38. The Morgan fingerprint density at radius 2 is 1.77 bits per heavy atom. The molecule has 0 radical (unpaired) electrons. The van der Waals surface area contributed by atoms with Gasteiger partial charge in [0.05, 0.1) is 0 Å². The lowest BCUT2D eigenvalue weighted by Crippen LogP contribution is -2.45. The fourth-order valence-corrected chi connectivity index (χ4v) is 1.52. The largest absolute Gasteiger partial charge is 0.310 e. The maximum absolute atomic E-state index is 5.92. The van der Waals surface area contributed by atoms with E-state index >= 15 is 0 Å². The van der Waals surface area contributed by atoms with Crippen LogP contribution in [0.15, 0.2) is 0 Å². The maximum atomic E-state index is 5.92. The highest BCUT2D eigenvalue weighted by Gasteiger charge is 2.20. The first-order valence-corrected chi connectivity index (χ1v) is 5.96. The molecule has 0 aromatic rings. The molecular formula is C11H24ClN. The van der Waals surface area contributed by atoms with Crippen molar-refractivity contribution in [3.8, 4) is 0 Å². The minimum Gasteiger partial charge on any atom is -0.310 e.